The third-order valence-electron chi connectivity index (χ3n) is 4.06. The van der Waals surface area contributed by atoms with Crippen LogP contribution < -0.4 is 9.47 Å². The van der Waals surface area contributed by atoms with E-state index in [4.69, 9.17) is 9.47 Å². The van der Waals surface area contributed by atoms with Crippen LogP contribution in [0.1, 0.15) is 22.8 Å². The molecule has 1 aliphatic heterocycles. The maximum Gasteiger partial charge on any atom is 0.293 e. The number of carbonyl (C=O) groups excluding carboxylic acids is 3. The summed E-state index contributed by atoms with van der Waals surface area (Å²) in [7, 11) is 1.55. The highest BCUT2D eigenvalue weighted by molar-refractivity contribution is 8.18. The molecule has 0 spiro atoms. The normalized spacial score (nSPS) is 15.2. The first kappa shape index (κ1) is 19.7. The average Bonchev–Trinajstić information content (AvgIpc) is 2.96. The van der Waals surface area contributed by atoms with E-state index in [0.29, 0.717) is 29.2 Å². The molecule has 0 aliphatic carbocycles. The van der Waals surface area contributed by atoms with Gasteiger partial charge in [0.25, 0.3) is 11.1 Å². The predicted octanol–water partition coefficient (Wildman–Crippen LogP) is 4.01. The van der Waals surface area contributed by atoms with Crippen LogP contribution in [0.15, 0.2) is 53.4 Å². The second kappa shape index (κ2) is 8.75. The number of ether oxygens (including phenoxy) is 2. The van der Waals surface area contributed by atoms with E-state index in [2.05, 4.69) is 0 Å². The molecule has 1 aliphatic rings. The van der Waals surface area contributed by atoms with Gasteiger partial charge in [0.15, 0.2) is 17.3 Å². The Labute approximate surface area is 167 Å². The zero-order valence-electron chi connectivity index (χ0n) is 15.5. The summed E-state index contributed by atoms with van der Waals surface area (Å²) in [5.41, 5.74) is 1.16. The summed E-state index contributed by atoms with van der Waals surface area (Å²) in [4.78, 5) is 38.5. The highest BCUT2D eigenvalue weighted by Crippen LogP contribution is 2.34. The van der Waals surface area contributed by atoms with Gasteiger partial charge in [-0.2, -0.15) is 0 Å². The van der Waals surface area contributed by atoms with Gasteiger partial charge in [-0.25, -0.2) is 0 Å². The van der Waals surface area contributed by atoms with Gasteiger partial charge in [-0.05, 0) is 42.5 Å². The molecule has 0 atom stereocenters. The zero-order chi connectivity index (χ0) is 20.1. The monoisotopic (exact) mass is 397 g/mol. The Bertz CT molecular complexity index is 939. The maximum atomic E-state index is 12.6. The molecule has 2 amide bonds. The fraction of sp³-hybridized carbons (Fsp3) is 0.190. The number of rotatable bonds is 7. The molecule has 3 rings (SSSR count). The lowest BCUT2D eigenvalue weighted by molar-refractivity contribution is -0.122. The number of nitrogens with zero attached hydrogens (tertiary/aromatic N) is 1. The summed E-state index contributed by atoms with van der Waals surface area (Å²) in [6.07, 6.45) is 1.61. The number of Topliss-reactive ketones (excluding diaryl/α,β-unsaturated/α-hetero) is 1. The first-order valence-electron chi connectivity index (χ1n) is 8.68. The lowest BCUT2D eigenvalue weighted by Gasteiger charge is -2.11. The first-order chi connectivity index (χ1) is 13.5. The van der Waals surface area contributed by atoms with Gasteiger partial charge in [0.05, 0.1) is 25.2 Å². The van der Waals surface area contributed by atoms with Crippen molar-refractivity contribution in [2.45, 2.75) is 6.92 Å². The minimum Gasteiger partial charge on any atom is -0.493 e. The number of benzene rings is 2. The minimum absolute atomic E-state index is 0.262. The van der Waals surface area contributed by atoms with E-state index in [-0.39, 0.29) is 17.2 Å². The van der Waals surface area contributed by atoms with Crippen LogP contribution in [-0.4, -0.2) is 42.1 Å². The molecule has 144 valence electrons. The van der Waals surface area contributed by atoms with Gasteiger partial charge in [-0.3, -0.25) is 19.3 Å². The van der Waals surface area contributed by atoms with E-state index >= 15 is 0 Å². The molecule has 0 saturated carbocycles. The molecule has 0 N–H and O–H groups in total. The SMILES string of the molecule is CCOc1cc(/C=C2/SC(=O)N(CC(=O)c3ccccc3)C2=O)ccc1OC. The number of ketones is 1. The second-order valence-electron chi connectivity index (χ2n) is 5.90. The number of methoxy groups -OCH3 is 1. The largest absolute Gasteiger partial charge is 0.493 e. The van der Waals surface area contributed by atoms with Crippen molar-refractivity contribution < 1.29 is 23.9 Å². The summed E-state index contributed by atoms with van der Waals surface area (Å²) in [6, 6.07) is 13.8. The van der Waals surface area contributed by atoms with Crippen molar-refractivity contribution in [1.29, 1.82) is 0 Å². The lowest BCUT2D eigenvalue weighted by Crippen LogP contribution is -2.33. The second-order valence-corrected chi connectivity index (χ2v) is 6.89. The molecule has 0 radical (unpaired) electrons. The Balaban J connectivity index is 1.79. The molecule has 28 heavy (non-hydrogen) atoms. The number of amides is 2. The molecule has 0 unspecified atom stereocenters. The van der Waals surface area contributed by atoms with E-state index in [1.807, 2.05) is 6.92 Å². The number of thioether (sulfide) groups is 1. The Hall–Kier alpha value is -3.06. The fourth-order valence-corrected chi connectivity index (χ4v) is 3.54. The van der Waals surface area contributed by atoms with Crippen LogP contribution in [-0.2, 0) is 4.79 Å². The molecule has 1 fully saturated rings. The summed E-state index contributed by atoms with van der Waals surface area (Å²) < 4.78 is 10.8. The molecule has 0 aromatic heterocycles. The summed E-state index contributed by atoms with van der Waals surface area (Å²) in [5, 5.41) is -0.459. The average molecular weight is 397 g/mol. The van der Waals surface area contributed by atoms with Gasteiger partial charge in [-0.15, -0.1) is 0 Å². The van der Waals surface area contributed by atoms with Crippen molar-refractivity contribution >= 4 is 34.8 Å². The number of hydrogen-bond acceptors (Lipinski definition) is 6. The molecular weight excluding hydrogens is 378 g/mol. The molecule has 0 bridgehead atoms. The van der Waals surface area contributed by atoms with Crippen molar-refractivity contribution in [2.24, 2.45) is 0 Å². The van der Waals surface area contributed by atoms with Gasteiger partial charge in [0.2, 0.25) is 0 Å². The standard InChI is InChI=1S/C21H19NO5S/c1-3-27-18-11-14(9-10-17(18)26-2)12-19-20(24)22(21(25)28-19)13-16(23)15-7-5-4-6-8-15/h4-12H,3,13H2,1-2H3/b19-12+. The van der Waals surface area contributed by atoms with Gasteiger partial charge in [-0.1, -0.05) is 36.4 Å². The Kier molecular flexibility index (Phi) is 6.16. The van der Waals surface area contributed by atoms with Gasteiger partial charge < -0.3 is 9.47 Å². The summed E-state index contributed by atoms with van der Waals surface area (Å²) >= 11 is 0.817. The zero-order valence-corrected chi connectivity index (χ0v) is 16.3. The van der Waals surface area contributed by atoms with Crippen molar-refractivity contribution in [1.82, 2.24) is 4.90 Å². The quantitative estimate of drug-likeness (QED) is 0.519. The fourth-order valence-electron chi connectivity index (χ4n) is 2.70. The molecule has 2 aromatic carbocycles. The van der Waals surface area contributed by atoms with E-state index < -0.39 is 11.1 Å². The van der Waals surface area contributed by atoms with Crippen LogP contribution in [0.5, 0.6) is 11.5 Å². The summed E-state index contributed by atoms with van der Waals surface area (Å²) in [6.45, 7) is 2.05. The smallest absolute Gasteiger partial charge is 0.293 e. The van der Waals surface area contributed by atoms with Gasteiger partial charge in [0.1, 0.15) is 0 Å². The van der Waals surface area contributed by atoms with Crippen molar-refractivity contribution in [3.05, 3.63) is 64.6 Å². The maximum absolute atomic E-state index is 12.6. The van der Waals surface area contributed by atoms with E-state index in [1.54, 1.807) is 61.7 Å². The Morgan fingerprint density at radius 3 is 2.54 bits per heavy atom. The number of imide groups is 1. The minimum atomic E-state index is -0.479. The topological polar surface area (TPSA) is 72.9 Å². The lowest BCUT2D eigenvalue weighted by atomic mass is 10.1. The van der Waals surface area contributed by atoms with Crippen LogP contribution in [0.2, 0.25) is 0 Å². The third-order valence-corrected chi connectivity index (χ3v) is 4.96. The van der Waals surface area contributed by atoms with Crippen molar-refractivity contribution in [2.75, 3.05) is 20.3 Å². The predicted molar refractivity (Wildman–Crippen MR) is 108 cm³/mol. The highest BCUT2D eigenvalue weighted by Gasteiger charge is 2.36. The number of carbonyl (C=O) groups is 3. The molecule has 7 heteroatoms. The molecule has 1 saturated heterocycles. The third kappa shape index (κ3) is 4.26. The van der Waals surface area contributed by atoms with Gasteiger partial charge in [0, 0.05) is 5.56 Å². The van der Waals surface area contributed by atoms with Crippen LogP contribution >= 0.6 is 11.8 Å². The van der Waals surface area contributed by atoms with Crippen molar-refractivity contribution in [3.63, 3.8) is 0 Å². The molecule has 1 heterocycles. The van der Waals surface area contributed by atoms with E-state index in [0.717, 1.165) is 16.7 Å². The molecule has 2 aromatic rings. The van der Waals surface area contributed by atoms with Gasteiger partial charge >= 0.3 is 0 Å². The Morgan fingerprint density at radius 1 is 1.11 bits per heavy atom. The van der Waals surface area contributed by atoms with E-state index in [1.165, 1.54) is 0 Å². The van der Waals surface area contributed by atoms with Crippen LogP contribution in [0.25, 0.3) is 6.08 Å². The summed E-state index contributed by atoms with van der Waals surface area (Å²) in [5.74, 6) is 0.373. The van der Waals surface area contributed by atoms with Crippen LogP contribution in [0, 0.1) is 0 Å². The van der Waals surface area contributed by atoms with Crippen LogP contribution in [0.4, 0.5) is 4.79 Å². The van der Waals surface area contributed by atoms with E-state index in [9.17, 15) is 14.4 Å². The number of hydrogen-bond donors (Lipinski definition) is 0. The van der Waals surface area contributed by atoms with Crippen LogP contribution in [0.3, 0.4) is 0 Å². The highest BCUT2D eigenvalue weighted by atomic mass is 32.2. The van der Waals surface area contributed by atoms with Crippen molar-refractivity contribution in [3.8, 4) is 11.5 Å². The Morgan fingerprint density at radius 2 is 1.86 bits per heavy atom. The molecule has 6 nitrogen and oxygen atoms in total. The molecular formula is C21H19NO5S. The first-order valence-corrected chi connectivity index (χ1v) is 9.49.